The lowest BCUT2D eigenvalue weighted by Gasteiger charge is -2.10. The second kappa shape index (κ2) is 2.93. The number of nitrogens with zero attached hydrogens (tertiary/aromatic N) is 1. The minimum absolute atomic E-state index is 0.222. The molecule has 1 aliphatic rings. The normalized spacial score (nSPS) is 22.8. The van der Waals surface area contributed by atoms with Crippen molar-refractivity contribution >= 4 is 0 Å². The predicted molar refractivity (Wildman–Crippen MR) is 35.4 cm³/mol. The molecule has 1 N–H and O–H groups in total. The van der Waals surface area contributed by atoms with Gasteiger partial charge in [-0.15, -0.1) is 0 Å². The molecule has 0 aromatic heterocycles. The monoisotopic (exact) mass is 120 g/mol. The molecule has 1 heterocycles. The molecule has 0 saturated heterocycles. The lowest BCUT2D eigenvalue weighted by Crippen LogP contribution is -2.22. The van der Waals surface area contributed by atoms with Gasteiger partial charge in [0.05, 0.1) is 18.5 Å². The van der Waals surface area contributed by atoms with E-state index in [0.717, 1.165) is 0 Å². The second-order valence-corrected chi connectivity index (χ2v) is 1.88. The van der Waals surface area contributed by atoms with Crippen LogP contribution in [0, 0.1) is 11.3 Å². The van der Waals surface area contributed by atoms with E-state index in [2.05, 4.69) is 11.4 Å². The molecule has 0 fully saturated rings. The van der Waals surface area contributed by atoms with Gasteiger partial charge in [-0.2, -0.15) is 5.26 Å². The summed E-state index contributed by atoms with van der Waals surface area (Å²) in [5.74, 6) is 0. The Bertz CT molecular complexity index is 174. The van der Waals surface area contributed by atoms with Crippen LogP contribution < -0.4 is 5.32 Å². The van der Waals surface area contributed by atoms with Crippen LogP contribution in [0.4, 0.5) is 0 Å². The Morgan fingerprint density at radius 1 is 1.56 bits per heavy atom. The maximum Gasteiger partial charge on any atom is 0.0646 e. The zero-order chi connectivity index (χ0) is 6.53. The van der Waals surface area contributed by atoms with Crippen LogP contribution in [-0.4, -0.2) is 6.04 Å². The lowest BCUT2D eigenvalue weighted by atomic mass is 10.2. The van der Waals surface area contributed by atoms with Gasteiger partial charge >= 0.3 is 0 Å². The number of nitrogens with one attached hydrogen (secondary N) is 1. The quantitative estimate of drug-likeness (QED) is 0.559. The zero-order valence-electron chi connectivity index (χ0n) is 5.04. The molecule has 0 aliphatic carbocycles. The van der Waals surface area contributed by atoms with E-state index in [1.165, 1.54) is 0 Å². The maximum atomic E-state index is 8.27. The highest BCUT2D eigenvalue weighted by atomic mass is 14.9. The molecule has 9 heavy (non-hydrogen) atoms. The molecular weight excluding hydrogens is 112 g/mol. The van der Waals surface area contributed by atoms with Crippen LogP contribution in [0.25, 0.3) is 0 Å². The Morgan fingerprint density at radius 3 is 3.00 bits per heavy atom. The van der Waals surface area contributed by atoms with Gasteiger partial charge in [0, 0.05) is 0 Å². The molecule has 0 spiro atoms. The van der Waals surface area contributed by atoms with Gasteiger partial charge in [-0.05, 0) is 12.3 Å². The Hall–Kier alpha value is -1.23. The molecule has 0 bridgehead atoms. The van der Waals surface area contributed by atoms with Crippen molar-refractivity contribution in [1.82, 2.24) is 5.32 Å². The lowest BCUT2D eigenvalue weighted by molar-refractivity contribution is 0.709. The summed E-state index contributed by atoms with van der Waals surface area (Å²) in [6.07, 6.45) is 8.22. The number of allylic oxidation sites excluding steroid dienone is 2. The Kier molecular flexibility index (Phi) is 1.92. The summed E-state index contributed by atoms with van der Waals surface area (Å²) in [4.78, 5) is 0. The molecule has 2 heteroatoms. The molecule has 0 saturated carbocycles. The van der Waals surface area contributed by atoms with Crippen molar-refractivity contribution in [2.45, 2.75) is 12.5 Å². The largest absolute Gasteiger partial charge is 0.384 e. The van der Waals surface area contributed by atoms with Gasteiger partial charge in [-0.25, -0.2) is 0 Å². The van der Waals surface area contributed by atoms with Crippen LogP contribution >= 0.6 is 0 Å². The van der Waals surface area contributed by atoms with Crippen LogP contribution in [0.5, 0.6) is 0 Å². The third-order valence-electron chi connectivity index (χ3n) is 1.17. The molecule has 2 nitrogen and oxygen atoms in total. The molecule has 0 aromatic carbocycles. The fourth-order valence-corrected chi connectivity index (χ4v) is 0.714. The summed E-state index contributed by atoms with van der Waals surface area (Å²) < 4.78 is 0. The standard InChI is InChI=1S/C7H8N2/c8-5-4-7-3-1-2-6-9-7/h1-3,6-7,9H,4H2. The Balaban J connectivity index is 2.39. The molecule has 0 amide bonds. The van der Waals surface area contributed by atoms with Crippen molar-refractivity contribution in [1.29, 1.82) is 5.26 Å². The van der Waals surface area contributed by atoms with E-state index in [0.29, 0.717) is 6.42 Å². The van der Waals surface area contributed by atoms with E-state index >= 15 is 0 Å². The van der Waals surface area contributed by atoms with Crippen molar-refractivity contribution in [3.05, 3.63) is 24.4 Å². The first-order chi connectivity index (χ1) is 4.43. The SMILES string of the molecule is N#CCC1C=CC=CN1. The van der Waals surface area contributed by atoms with E-state index in [1.54, 1.807) is 0 Å². The second-order valence-electron chi connectivity index (χ2n) is 1.88. The summed E-state index contributed by atoms with van der Waals surface area (Å²) in [7, 11) is 0. The highest BCUT2D eigenvalue weighted by molar-refractivity contribution is 5.13. The summed E-state index contributed by atoms with van der Waals surface area (Å²) >= 11 is 0. The predicted octanol–water partition coefficient (Wildman–Crippen LogP) is 0.942. The van der Waals surface area contributed by atoms with E-state index in [4.69, 9.17) is 5.26 Å². The fraction of sp³-hybridized carbons (Fsp3) is 0.286. The zero-order valence-corrected chi connectivity index (χ0v) is 5.04. The third kappa shape index (κ3) is 1.61. The van der Waals surface area contributed by atoms with Crippen LogP contribution in [0.3, 0.4) is 0 Å². The van der Waals surface area contributed by atoms with Gasteiger partial charge in [0.1, 0.15) is 0 Å². The molecule has 1 rings (SSSR count). The first-order valence-corrected chi connectivity index (χ1v) is 2.90. The smallest absolute Gasteiger partial charge is 0.0646 e. The maximum absolute atomic E-state index is 8.27. The molecule has 1 unspecified atom stereocenters. The van der Waals surface area contributed by atoms with Crippen molar-refractivity contribution in [2.24, 2.45) is 0 Å². The molecular formula is C7H8N2. The molecule has 0 radical (unpaired) electrons. The van der Waals surface area contributed by atoms with Gasteiger partial charge in [-0.3, -0.25) is 0 Å². The van der Waals surface area contributed by atoms with Gasteiger partial charge in [-0.1, -0.05) is 12.2 Å². The first kappa shape index (κ1) is 5.90. The highest BCUT2D eigenvalue weighted by Gasteiger charge is 2.00. The van der Waals surface area contributed by atoms with Crippen molar-refractivity contribution in [2.75, 3.05) is 0 Å². The summed E-state index contributed by atoms with van der Waals surface area (Å²) in [5, 5.41) is 11.3. The van der Waals surface area contributed by atoms with Crippen LogP contribution in [0.15, 0.2) is 24.4 Å². The number of dihydropyridines is 1. The number of hydrogen-bond donors (Lipinski definition) is 1. The molecule has 1 atom stereocenters. The molecule has 0 aromatic rings. The van der Waals surface area contributed by atoms with Crippen molar-refractivity contribution in [3.63, 3.8) is 0 Å². The first-order valence-electron chi connectivity index (χ1n) is 2.90. The summed E-state index contributed by atoms with van der Waals surface area (Å²) in [6, 6.07) is 2.31. The summed E-state index contributed by atoms with van der Waals surface area (Å²) in [6.45, 7) is 0. The fourth-order valence-electron chi connectivity index (χ4n) is 0.714. The van der Waals surface area contributed by atoms with Crippen molar-refractivity contribution < 1.29 is 0 Å². The number of rotatable bonds is 1. The van der Waals surface area contributed by atoms with Gasteiger partial charge < -0.3 is 5.32 Å². The third-order valence-corrected chi connectivity index (χ3v) is 1.17. The number of nitriles is 1. The van der Waals surface area contributed by atoms with E-state index in [9.17, 15) is 0 Å². The van der Waals surface area contributed by atoms with Gasteiger partial charge in [0.15, 0.2) is 0 Å². The Labute approximate surface area is 54.5 Å². The van der Waals surface area contributed by atoms with Gasteiger partial charge in [0.2, 0.25) is 0 Å². The molecule has 46 valence electrons. The van der Waals surface area contributed by atoms with Crippen LogP contribution in [0.1, 0.15) is 6.42 Å². The average Bonchev–Trinajstić information content (AvgIpc) is 1.91. The Morgan fingerprint density at radius 2 is 2.44 bits per heavy atom. The van der Waals surface area contributed by atoms with E-state index in [1.807, 2.05) is 24.4 Å². The minimum Gasteiger partial charge on any atom is -0.384 e. The molecule has 1 aliphatic heterocycles. The minimum atomic E-state index is 0.222. The summed E-state index contributed by atoms with van der Waals surface area (Å²) in [5.41, 5.74) is 0. The van der Waals surface area contributed by atoms with Crippen LogP contribution in [-0.2, 0) is 0 Å². The van der Waals surface area contributed by atoms with Crippen LogP contribution in [0.2, 0.25) is 0 Å². The number of hydrogen-bond acceptors (Lipinski definition) is 2. The van der Waals surface area contributed by atoms with Gasteiger partial charge in [0.25, 0.3) is 0 Å². The average molecular weight is 120 g/mol. The van der Waals surface area contributed by atoms with Crippen molar-refractivity contribution in [3.8, 4) is 6.07 Å². The topological polar surface area (TPSA) is 35.8 Å². The van der Waals surface area contributed by atoms with E-state index in [-0.39, 0.29) is 6.04 Å². The van der Waals surface area contributed by atoms with E-state index < -0.39 is 0 Å². The highest BCUT2D eigenvalue weighted by Crippen LogP contribution is 1.97.